The molecule has 0 saturated heterocycles. The first-order valence-corrected chi connectivity index (χ1v) is 3.95. The number of nitrogens with one attached hydrogen (secondary N) is 1. The Balaban J connectivity index is 0. The van der Waals surface area contributed by atoms with Crippen LogP contribution in [-0.4, -0.2) is 23.4 Å². The maximum absolute atomic E-state index is 4.08. The number of hydrogen-bond donors (Lipinski definition) is 1. The average molecular weight is 277 g/mol. The summed E-state index contributed by atoms with van der Waals surface area (Å²) in [6.45, 7) is 1.87. The minimum atomic E-state index is 0. The molecule has 3 nitrogen and oxygen atoms in total. The highest BCUT2D eigenvalue weighted by atomic mass is 79.9. The molecule has 0 aromatic carbocycles. The summed E-state index contributed by atoms with van der Waals surface area (Å²) in [5.41, 5.74) is 0. The zero-order valence-electron chi connectivity index (χ0n) is 6.66. The van der Waals surface area contributed by atoms with E-state index in [1.165, 1.54) is 0 Å². The van der Waals surface area contributed by atoms with E-state index in [1.807, 2.05) is 17.9 Å². The van der Waals surface area contributed by atoms with Gasteiger partial charge < -0.3 is 5.32 Å². The fourth-order valence-electron chi connectivity index (χ4n) is 0.687. The highest BCUT2D eigenvalue weighted by Gasteiger charge is 1.91. The smallest absolute Gasteiger partial charge is 0.0632 e. The third kappa shape index (κ3) is 4.98. The molecule has 0 spiro atoms. The fraction of sp³-hybridized carbons (Fsp3) is 0.500. The predicted molar refractivity (Wildman–Crippen MR) is 58.3 cm³/mol. The standard InChI is InChI=1S/C6H10BrN3.2ClH/c1-8-2-3-10-5-6(7)4-9-10;;/h4-5,8H,2-3H2,1H3;2*1H. The largest absolute Gasteiger partial charge is 0.318 e. The topological polar surface area (TPSA) is 29.9 Å². The third-order valence-electron chi connectivity index (χ3n) is 1.19. The molecule has 6 heteroatoms. The Morgan fingerprint density at radius 3 is 2.67 bits per heavy atom. The molecular weight excluding hydrogens is 265 g/mol. The Kier molecular flexibility index (Phi) is 9.65. The number of halogens is 3. The van der Waals surface area contributed by atoms with E-state index < -0.39 is 0 Å². The minimum absolute atomic E-state index is 0. The van der Waals surface area contributed by atoms with Crippen LogP contribution < -0.4 is 5.32 Å². The lowest BCUT2D eigenvalue weighted by molar-refractivity contribution is 0.584. The molecule has 72 valence electrons. The number of likely N-dealkylation sites (N-methyl/N-ethyl adjacent to an activating group) is 1. The second-order valence-electron chi connectivity index (χ2n) is 2.03. The number of rotatable bonds is 3. The van der Waals surface area contributed by atoms with Crippen LogP contribution in [0.3, 0.4) is 0 Å². The van der Waals surface area contributed by atoms with Crippen molar-refractivity contribution in [3.8, 4) is 0 Å². The van der Waals surface area contributed by atoms with Crippen LogP contribution in [-0.2, 0) is 6.54 Å². The van der Waals surface area contributed by atoms with E-state index in [-0.39, 0.29) is 24.8 Å². The van der Waals surface area contributed by atoms with Crippen LogP contribution in [0.25, 0.3) is 0 Å². The lowest BCUT2D eigenvalue weighted by Crippen LogP contribution is -2.14. The monoisotopic (exact) mass is 275 g/mol. The maximum atomic E-state index is 4.08. The molecular formula is C6H12BrCl2N3. The lowest BCUT2D eigenvalue weighted by atomic mass is 10.6. The summed E-state index contributed by atoms with van der Waals surface area (Å²) >= 11 is 3.32. The molecule has 1 heterocycles. The quantitative estimate of drug-likeness (QED) is 0.911. The molecule has 0 aliphatic heterocycles. The fourth-order valence-corrected chi connectivity index (χ4v) is 1.01. The van der Waals surface area contributed by atoms with E-state index in [0.717, 1.165) is 17.6 Å². The molecule has 0 saturated carbocycles. The lowest BCUT2D eigenvalue weighted by Gasteiger charge is -1.97. The molecule has 12 heavy (non-hydrogen) atoms. The molecule has 1 aromatic rings. The van der Waals surface area contributed by atoms with Crippen molar-refractivity contribution in [2.75, 3.05) is 13.6 Å². The number of nitrogens with zero attached hydrogens (tertiary/aromatic N) is 2. The van der Waals surface area contributed by atoms with Gasteiger partial charge in [0, 0.05) is 12.7 Å². The van der Waals surface area contributed by atoms with E-state index in [4.69, 9.17) is 0 Å². The first kappa shape index (κ1) is 14.7. The molecule has 0 aliphatic carbocycles. The van der Waals surface area contributed by atoms with Gasteiger partial charge in [-0.25, -0.2) is 0 Å². The highest BCUT2D eigenvalue weighted by Crippen LogP contribution is 2.05. The van der Waals surface area contributed by atoms with Crippen LogP contribution in [0.15, 0.2) is 16.9 Å². The average Bonchev–Trinajstić information content (AvgIpc) is 2.31. The van der Waals surface area contributed by atoms with Gasteiger partial charge in [0.15, 0.2) is 0 Å². The summed E-state index contributed by atoms with van der Waals surface area (Å²) < 4.78 is 2.92. The normalized spacial score (nSPS) is 8.50. The van der Waals surface area contributed by atoms with E-state index in [2.05, 4.69) is 26.3 Å². The van der Waals surface area contributed by atoms with Crippen LogP contribution in [0, 0.1) is 0 Å². The second-order valence-corrected chi connectivity index (χ2v) is 2.94. The highest BCUT2D eigenvalue weighted by molar-refractivity contribution is 9.10. The minimum Gasteiger partial charge on any atom is -0.318 e. The first-order valence-electron chi connectivity index (χ1n) is 3.15. The SMILES string of the molecule is CNCCn1cc(Br)cn1.Cl.Cl. The van der Waals surface area contributed by atoms with Gasteiger partial charge in [-0.2, -0.15) is 5.10 Å². The number of hydrogen-bond acceptors (Lipinski definition) is 2. The van der Waals surface area contributed by atoms with E-state index >= 15 is 0 Å². The van der Waals surface area contributed by atoms with Gasteiger partial charge in [-0.05, 0) is 23.0 Å². The van der Waals surface area contributed by atoms with Crippen molar-refractivity contribution >= 4 is 40.7 Å². The molecule has 0 radical (unpaired) electrons. The molecule has 0 unspecified atom stereocenters. The van der Waals surface area contributed by atoms with Crippen LogP contribution in [0.1, 0.15) is 0 Å². The van der Waals surface area contributed by atoms with Gasteiger partial charge in [0.05, 0.1) is 17.2 Å². The summed E-state index contributed by atoms with van der Waals surface area (Å²) in [6, 6.07) is 0. The van der Waals surface area contributed by atoms with Gasteiger partial charge in [0.25, 0.3) is 0 Å². The van der Waals surface area contributed by atoms with Gasteiger partial charge in [-0.15, -0.1) is 24.8 Å². The van der Waals surface area contributed by atoms with Gasteiger partial charge in [0.1, 0.15) is 0 Å². The second kappa shape index (κ2) is 7.86. The van der Waals surface area contributed by atoms with Gasteiger partial charge >= 0.3 is 0 Å². The maximum Gasteiger partial charge on any atom is 0.0632 e. The van der Waals surface area contributed by atoms with Crippen molar-refractivity contribution in [3.05, 3.63) is 16.9 Å². The van der Waals surface area contributed by atoms with Gasteiger partial charge in [-0.3, -0.25) is 4.68 Å². The summed E-state index contributed by atoms with van der Waals surface area (Å²) in [5, 5.41) is 7.13. The van der Waals surface area contributed by atoms with Crippen molar-refractivity contribution in [1.29, 1.82) is 0 Å². The first-order chi connectivity index (χ1) is 4.83. The van der Waals surface area contributed by atoms with Crippen molar-refractivity contribution in [1.82, 2.24) is 15.1 Å². The van der Waals surface area contributed by atoms with Crippen molar-refractivity contribution in [2.24, 2.45) is 0 Å². The molecule has 0 amide bonds. The van der Waals surface area contributed by atoms with Gasteiger partial charge in [0.2, 0.25) is 0 Å². The molecule has 1 aromatic heterocycles. The Hall–Kier alpha value is 0.230. The Morgan fingerprint density at radius 2 is 2.25 bits per heavy atom. The molecule has 0 fully saturated rings. The zero-order chi connectivity index (χ0) is 7.40. The summed E-state index contributed by atoms with van der Waals surface area (Å²) in [5.74, 6) is 0. The van der Waals surface area contributed by atoms with E-state index in [0.29, 0.717) is 0 Å². The Bertz CT molecular complexity index is 204. The van der Waals surface area contributed by atoms with Crippen LogP contribution >= 0.6 is 40.7 Å². The van der Waals surface area contributed by atoms with Crippen LogP contribution in [0.5, 0.6) is 0 Å². The van der Waals surface area contributed by atoms with Crippen LogP contribution in [0.2, 0.25) is 0 Å². The molecule has 1 rings (SSSR count). The molecule has 0 atom stereocenters. The van der Waals surface area contributed by atoms with Crippen molar-refractivity contribution < 1.29 is 0 Å². The Labute approximate surface area is 92.9 Å². The molecule has 0 bridgehead atoms. The Morgan fingerprint density at radius 1 is 1.58 bits per heavy atom. The van der Waals surface area contributed by atoms with E-state index in [1.54, 1.807) is 6.20 Å². The van der Waals surface area contributed by atoms with Crippen LogP contribution in [0.4, 0.5) is 0 Å². The molecule has 0 aliphatic rings. The summed E-state index contributed by atoms with van der Waals surface area (Å²) in [6.07, 6.45) is 3.74. The predicted octanol–water partition coefficient (Wildman–Crippen LogP) is 1.71. The zero-order valence-corrected chi connectivity index (χ0v) is 9.88. The van der Waals surface area contributed by atoms with Gasteiger partial charge in [-0.1, -0.05) is 0 Å². The summed E-state index contributed by atoms with van der Waals surface area (Å²) in [4.78, 5) is 0. The molecule has 1 N–H and O–H groups in total. The van der Waals surface area contributed by atoms with Crippen molar-refractivity contribution in [2.45, 2.75) is 6.54 Å². The third-order valence-corrected chi connectivity index (χ3v) is 1.60. The summed E-state index contributed by atoms with van der Waals surface area (Å²) in [7, 11) is 1.93. The van der Waals surface area contributed by atoms with Crippen molar-refractivity contribution in [3.63, 3.8) is 0 Å². The number of aromatic nitrogens is 2. The van der Waals surface area contributed by atoms with E-state index in [9.17, 15) is 0 Å².